The minimum atomic E-state index is -0.0183. The van der Waals surface area contributed by atoms with Crippen molar-refractivity contribution in [3.63, 3.8) is 0 Å². The highest BCUT2D eigenvalue weighted by atomic mass is 16.5. The minimum Gasteiger partial charge on any atom is -0.489 e. The van der Waals surface area contributed by atoms with Gasteiger partial charge in [0.25, 0.3) is 5.91 Å². The molecule has 1 atom stereocenters. The van der Waals surface area contributed by atoms with Crippen LogP contribution in [0.4, 0.5) is 0 Å². The lowest BCUT2D eigenvalue weighted by molar-refractivity contribution is 0.0939. The van der Waals surface area contributed by atoms with Gasteiger partial charge in [-0.3, -0.25) is 9.69 Å². The Morgan fingerprint density at radius 1 is 1.16 bits per heavy atom. The second kappa shape index (κ2) is 8.67. The maximum atomic E-state index is 12.6. The van der Waals surface area contributed by atoms with Crippen LogP contribution in [0.3, 0.4) is 0 Å². The molecule has 25 heavy (non-hydrogen) atoms. The maximum Gasteiger partial charge on any atom is 0.251 e. The zero-order chi connectivity index (χ0) is 17.5. The Morgan fingerprint density at radius 3 is 2.72 bits per heavy atom. The van der Waals surface area contributed by atoms with Crippen LogP contribution in [0.5, 0.6) is 5.75 Å². The summed E-state index contributed by atoms with van der Waals surface area (Å²) in [7, 11) is 0. The van der Waals surface area contributed by atoms with Crippen molar-refractivity contribution in [2.45, 2.75) is 32.4 Å². The summed E-state index contributed by atoms with van der Waals surface area (Å²) in [5.41, 5.74) is 1.60. The highest BCUT2D eigenvalue weighted by Gasteiger charge is 2.23. The maximum absolute atomic E-state index is 12.6. The SMILES string of the molecule is CCN1CCCC1CNC(=O)c1ccccc1COc1ccccc1. The minimum absolute atomic E-state index is 0.0183. The number of likely N-dealkylation sites (N-methyl/N-ethyl adjacent to an activating group) is 1. The topological polar surface area (TPSA) is 41.6 Å². The number of benzene rings is 2. The van der Waals surface area contributed by atoms with Crippen molar-refractivity contribution in [1.82, 2.24) is 10.2 Å². The quantitative estimate of drug-likeness (QED) is 0.840. The molecule has 0 aromatic heterocycles. The van der Waals surface area contributed by atoms with Crippen LogP contribution in [0, 0.1) is 0 Å². The van der Waals surface area contributed by atoms with Crippen molar-refractivity contribution < 1.29 is 9.53 Å². The molecule has 2 aromatic rings. The molecule has 3 rings (SSSR count). The standard InChI is InChI=1S/C21H26N2O2/c1-2-23-14-8-10-18(23)15-22-21(24)20-13-7-6-9-17(20)16-25-19-11-4-3-5-12-19/h3-7,9,11-13,18H,2,8,10,14-16H2,1H3,(H,22,24). The van der Waals surface area contributed by atoms with Crippen LogP contribution in [-0.2, 0) is 6.61 Å². The molecule has 1 aliphatic rings. The predicted octanol–water partition coefficient (Wildman–Crippen LogP) is 3.48. The number of para-hydroxylation sites is 1. The van der Waals surface area contributed by atoms with Crippen LogP contribution < -0.4 is 10.1 Å². The van der Waals surface area contributed by atoms with Crippen LogP contribution in [0.2, 0.25) is 0 Å². The van der Waals surface area contributed by atoms with E-state index in [1.807, 2.05) is 54.6 Å². The van der Waals surface area contributed by atoms with Crippen LogP contribution >= 0.6 is 0 Å². The van der Waals surface area contributed by atoms with Gasteiger partial charge in [-0.15, -0.1) is 0 Å². The predicted molar refractivity (Wildman–Crippen MR) is 99.8 cm³/mol. The lowest BCUT2D eigenvalue weighted by Gasteiger charge is -2.23. The van der Waals surface area contributed by atoms with Crippen molar-refractivity contribution >= 4 is 5.91 Å². The molecule has 4 heteroatoms. The fourth-order valence-corrected chi connectivity index (χ4v) is 3.39. The molecule has 1 N–H and O–H groups in total. The number of nitrogens with one attached hydrogen (secondary N) is 1. The van der Waals surface area contributed by atoms with Gasteiger partial charge in [-0.2, -0.15) is 0 Å². The number of nitrogens with zero attached hydrogens (tertiary/aromatic N) is 1. The van der Waals surface area contributed by atoms with Crippen LogP contribution in [-0.4, -0.2) is 36.5 Å². The number of hydrogen-bond acceptors (Lipinski definition) is 3. The van der Waals surface area contributed by atoms with E-state index in [-0.39, 0.29) is 5.91 Å². The Labute approximate surface area is 149 Å². The van der Waals surface area contributed by atoms with Crippen LogP contribution in [0.15, 0.2) is 54.6 Å². The molecule has 0 bridgehead atoms. The third kappa shape index (κ3) is 4.60. The molecule has 0 spiro atoms. The number of hydrogen-bond donors (Lipinski definition) is 1. The summed E-state index contributed by atoms with van der Waals surface area (Å²) < 4.78 is 5.81. The normalized spacial score (nSPS) is 17.4. The van der Waals surface area contributed by atoms with E-state index >= 15 is 0 Å². The van der Waals surface area contributed by atoms with Crippen LogP contribution in [0.1, 0.15) is 35.7 Å². The third-order valence-corrected chi connectivity index (χ3v) is 4.80. The van der Waals surface area contributed by atoms with Gasteiger partial charge in [0.1, 0.15) is 12.4 Å². The van der Waals surface area contributed by atoms with E-state index in [1.54, 1.807) is 0 Å². The molecule has 1 aliphatic heterocycles. The molecule has 132 valence electrons. The Morgan fingerprint density at radius 2 is 1.92 bits per heavy atom. The number of likely N-dealkylation sites (tertiary alicyclic amines) is 1. The average Bonchev–Trinajstić information content (AvgIpc) is 3.13. The van der Waals surface area contributed by atoms with Gasteiger partial charge in [-0.25, -0.2) is 0 Å². The number of ether oxygens (including phenoxy) is 1. The largest absolute Gasteiger partial charge is 0.489 e. The fourth-order valence-electron chi connectivity index (χ4n) is 3.39. The van der Waals surface area contributed by atoms with E-state index in [0.717, 1.165) is 30.8 Å². The van der Waals surface area contributed by atoms with Gasteiger partial charge in [0.15, 0.2) is 0 Å². The molecule has 1 saturated heterocycles. The third-order valence-electron chi connectivity index (χ3n) is 4.80. The van der Waals surface area contributed by atoms with Gasteiger partial charge in [0, 0.05) is 23.7 Å². The van der Waals surface area contributed by atoms with E-state index in [1.165, 1.54) is 6.42 Å². The first-order valence-electron chi connectivity index (χ1n) is 9.06. The molecular weight excluding hydrogens is 312 g/mol. The van der Waals surface area contributed by atoms with Gasteiger partial charge < -0.3 is 10.1 Å². The first-order valence-corrected chi connectivity index (χ1v) is 9.06. The molecule has 1 unspecified atom stereocenters. The van der Waals surface area contributed by atoms with Gasteiger partial charge in [0.05, 0.1) is 0 Å². The number of carbonyl (C=O) groups excluding carboxylic acids is 1. The van der Waals surface area contributed by atoms with Crippen molar-refractivity contribution in [2.24, 2.45) is 0 Å². The highest BCUT2D eigenvalue weighted by Crippen LogP contribution is 2.17. The summed E-state index contributed by atoms with van der Waals surface area (Å²) in [5, 5.41) is 3.11. The Bertz CT molecular complexity index is 687. The second-order valence-electron chi connectivity index (χ2n) is 6.39. The molecule has 1 amide bonds. The van der Waals surface area contributed by atoms with Crippen molar-refractivity contribution in [3.05, 3.63) is 65.7 Å². The Balaban J connectivity index is 1.60. The summed E-state index contributed by atoms with van der Waals surface area (Å²) >= 11 is 0. The first-order chi connectivity index (χ1) is 12.3. The van der Waals surface area contributed by atoms with Crippen LogP contribution in [0.25, 0.3) is 0 Å². The molecule has 0 aliphatic carbocycles. The van der Waals surface area contributed by atoms with E-state index in [0.29, 0.717) is 24.8 Å². The van der Waals surface area contributed by atoms with Gasteiger partial charge >= 0.3 is 0 Å². The highest BCUT2D eigenvalue weighted by molar-refractivity contribution is 5.95. The van der Waals surface area contributed by atoms with Gasteiger partial charge in [-0.05, 0) is 44.1 Å². The Hall–Kier alpha value is -2.33. The molecule has 0 radical (unpaired) electrons. The molecule has 1 fully saturated rings. The fraction of sp³-hybridized carbons (Fsp3) is 0.381. The number of carbonyl (C=O) groups is 1. The summed E-state index contributed by atoms with van der Waals surface area (Å²) in [6.07, 6.45) is 2.38. The van der Waals surface area contributed by atoms with Crippen molar-refractivity contribution in [2.75, 3.05) is 19.6 Å². The number of rotatable bonds is 7. The molecule has 1 heterocycles. The number of amides is 1. The molecule has 0 saturated carbocycles. The smallest absolute Gasteiger partial charge is 0.251 e. The monoisotopic (exact) mass is 338 g/mol. The van der Waals surface area contributed by atoms with Crippen molar-refractivity contribution in [1.29, 1.82) is 0 Å². The van der Waals surface area contributed by atoms with Gasteiger partial charge in [0.2, 0.25) is 0 Å². The van der Waals surface area contributed by atoms with Gasteiger partial charge in [-0.1, -0.05) is 43.3 Å². The van der Waals surface area contributed by atoms with E-state index in [2.05, 4.69) is 17.1 Å². The first kappa shape index (κ1) is 17.5. The summed E-state index contributed by atoms with van der Waals surface area (Å²) in [4.78, 5) is 15.1. The second-order valence-corrected chi connectivity index (χ2v) is 6.39. The van der Waals surface area contributed by atoms with E-state index in [4.69, 9.17) is 4.74 Å². The zero-order valence-electron chi connectivity index (χ0n) is 14.8. The Kier molecular flexibility index (Phi) is 6.07. The summed E-state index contributed by atoms with van der Waals surface area (Å²) in [5.74, 6) is 0.789. The zero-order valence-corrected chi connectivity index (χ0v) is 14.8. The average molecular weight is 338 g/mol. The summed E-state index contributed by atoms with van der Waals surface area (Å²) in [6, 6.07) is 17.8. The molecular formula is C21H26N2O2. The molecule has 2 aromatic carbocycles. The summed E-state index contributed by atoms with van der Waals surface area (Å²) in [6.45, 7) is 5.45. The van der Waals surface area contributed by atoms with E-state index < -0.39 is 0 Å². The van der Waals surface area contributed by atoms with Crippen molar-refractivity contribution in [3.8, 4) is 5.75 Å². The molecule has 4 nitrogen and oxygen atoms in total. The van der Waals surface area contributed by atoms with E-state index in [9.17, 15) is 4.79 Å². The lowest BCUT2D eigenvalue weighted by Crippen LogP contribution is -2.40. The lowest BCUT2D eigenvalue weighted by atomic mass is 10.1.